The Kier molecular flexibility index (Phi) is 5.01. The van der Waals surface area contributed by atoms with Gasteiger partial charge >= 0.3 is 0 Å². The predicted octanol–water partition coefficient (Wildman–Crippen LogP) is 1.45. The Balaban J connectivity index is 1.77. The maximum atomic E-state index is 12.1. The van der Waals surface area contributed by atoms with Crippen LogP contribution in [0.15, 0.2) is 0 Å². The van der Waals surface area contributed by atoms with Gasteiger partial charge in [-0.25, -0.2) is 0 Å². The summed E-state index contributed by atoms with van der Waals surface area (Å²) in [6.45, 7) is 3.04. The molecule has 1 aliphatic heterocycles. The Bertz CT molecular complexity index is 283. The predicted molar refractivity (Wildman–Crippen MR) is 71.4 cm³/mol. The summed E-state index contributed by atoms with van der Waals surface area (Å²) in [5.41, 5.74) is 0. The maximum Gasteiger partial charge on any atom is 0.237 e. The molecule has 1 saturated heterocycles. The number of carbonyl (C=O) groups excluding carboxylic acids is 1. The van der Waals surface area contributed by atoms with Crippen LogP contribution >= 0.6 is 0 Å². The summed E-state index contributed by atoms with van der Waals surface area (Å²) in [5, 5.41) is 6.45. The summed E-state index contributed by atoms with van der Waals surface area (Å²) in [7, 11) is 1.71. The van der Waals surface area contributed by atoms with E-state index in [-0.39, 0.29) is 18.1 Å². The van der Waals surface area contributed by atoms with E-state index < -0.39 is 0 Å². The number of hydrogen-bond donors (Lipinski definition) is 2. The van der Waals surface area contributed by atoms with E-state index in [0.29, 0.717) is 6.04 Å². The fraction of sp³-hybridized carbons (Fsp3) is 0.929. The third-order valence-electron chi connectivity index (χ3n) is 4.45. The van der Waals surface area contributed by atoms with Crippen LogP contribution < -0.4 is 10.6 Å². The zero-order chi connectivity index (χ0) is 13.0. The molecule has 0 spiro atoms. The lowest BCUT2D eigenvalue weighted by Crippen LogP contribution is -2.46. The quantitative estimate of drug-likeness (QED) is 0.798. The van der Waals surface area contributed by atoms with Gasteiger partial charge in [0, 0.05) is 19.7 Å². The molecular formula is C14H26N2O2. The number of rotatable bonds is 4. The number of carbonyl (C=O) groups is 1. The highest BCUT2D eigenvalue weighted by Crippen LogP contribution is 2.26. The fourth-order valence-corrected chi connectivity index (χ4v) is 3.18. The molecule has 4 nitrogen and oxygen atoms in total. The first kappa shape index (κ1) is 13.8. The molecule has 2 aliphatic rings. The van der Waals surface area contributed by atoms with Crippen LogP contribution in [0.25, 0.3) is 0 Å². The molecule has 2 fully saturated rings. The van der Waals surface area contributed by atoms with E-state index in [0.717, 1.165) is 31.7 Å². The first-order chi connectivity index (χ1) is 8.72. The van der Waals surface area contributed by atoms with Gasteiger partial charge in [-0.2, -0.15) is 0 Å². The standard InChI is InChI=1S/C14H26N2O2/c1-3-10-5-4-6-11(7-10)16-14(17)13-8-12(18-2)9-15-13/h10-13,15H,3-9H2,1-2H3,(H,16,17). The van der Waals surface area contributed by atoms with Gasteiger partial charge in [0.25, 0.3) is 0 Å². The minimum Gasteiger partial charge on any atom is -0.380 e. The van der Waals surface area contributed by atoms with Crippen molar-refractivity contribution in [2.24, 2.45) is 5.92 Å². The molecule has 1 amide bonds. The topological polar surface area (TPSA) is 50.4 Å². The lowest BCUT2D eigenvalue weighted by molar-refractivity contribution is -0.124. The number of methoxy groups -OCH3 is 1. The van der Waals surface area contributed by atoms with Crippen LogP contribution in [0.1, 0.15) is 45.4 Å². The van der Waals surface area contributed by atoms with E-state index in [1.54, 1.807) is 7.11 Å². The van der Waals surface area contributed by atoms with Gasteiger partial charge in [-0.3, -0.25) is 4.79 Å². The van der Waals surface area contributed by atoms with Crippen LogP contribution in [0.4, 0.5) is 0 Å². The minimum absolute atomic E-state index is 0.0584. The second-order valence-electron chi connectivity index (χ2n) is 5.70. The minimum atomic E-state index is -0.0584. The molecule has 4 unspecified atom stereocenters. The molecule has 1 heterocycles. The SMILES string of the molecule is CCC1CCCC(NC(=O)C2CC(OC)CN2)C1. The van der Waals surface area contributed by atoms with Gasteiger partial charge in [0.2, 0.25) is 5.91 Å². The molecule has 0 aromatic rings. The third kappa shape index (κ3) is 3.45. The number of amides is 1. The molecule has 4 heteroatoms. The van der Waals surface area contributed by atoms with E-state index >= 15 is 0 Å². The summed E-state index contributed by atoms with van der Waals surface area (Å²) in [6.07, 6.45) is 7.10. The normalized spacial score (nSPS) is 36.6. The average Bonchev–Trinajstić information content (AvgIpc) is 2.88. The lowest BCUT2D eigenvalue weighted by Gasteiger charge is -2.29. The van der Waals surface area contributed by atoms with Crippen LogP contribution in [-0.4, -0.2) is 37.7 Å². The molecular weight excluding hydrogens is 228 g/mol. The van der Waals surface area contributed by atoms with E-state index in [9.17, 15) is 4.79 Å². The number of nitrogens with one attached hydrogen (secondary N) is 2. The van der Waals surface area contributed by atoms with Crippen molar-refractivity contribution < 1.29 is 9.53 Å². The lowest BCUT2D eigenvalue weighted by atomic mass is 9.84. The Morgan fingerprint density at radius 1 is 1.39 bits per heavy atom. The second-order valence-corrected chi connectivity index (χ2v) is 5.70. The van der Waals surface area contributed by atoms with E-state index in [1.807, 2.05) is 0 Å². The average molecular weight is 254 g/mol. The Morgan fingerprint density at radius 2 is 2.22 bits per heavy atom. The molecule has 1 aliphatic carbocycles. The van der Waals surface area contributed by atoms with Crippen LogP contribution in [0.5, 0.6) is 0 Å². The van der Waals surface area contributed by atoms with Crippen molar-refractivity contribution in [2.75, 3.05) is 13.7 Å². The van der Waals surface area contributed by atoms with Crippen molar-refractivity contribution in [1.29, 1.82) is 0 Å². The van der Waals surface area contributed by atoms with Gasteiger partial charge in [0.05, 0.1) is 12.1 Å². The summed E-state index contributed by atoms with van der Waals surface area (Å²) in [4.78, 5) is 12.1. The first-order valence-electron chi connectivity index (χ1n) is 7.29. The Hall–Kier alpha value is -0.610. The molecule has 18 heavy (non-hydrogen) atoms. The van der Waals surface area contributed by atoms with Gasteiger partial charge in [0.1, 0.15) is 0 Å². The third-order valence-corrected chi connectivity index (χ3v) is 4.45. The molecule has 0 aromatic heterocycles. The Morgan fingerprint density at radius 3 is 2.89 bits per heavy atom. The monoisotopic (exact) mass is 254 g/mol. The molecule has 4 atom stereocenters. The highest BCUT2D eigenvalue weighted by Gasteiger charge is 2.31. The van der Waals surface area contributed by atoms with Crippen molar-refractivity contribution in [3.05, 3.63) is 0 Å². The fourth-order valence-electron chi connectivity index (χ4n) is 3.18. The van der Waals surface area contributed by atoms with E-state index in [1.165, 1.54) is 19.3 Å². The van der Waals surface area contributed by atoms with Crippen molar-refractivity contribution in [3.8, 4) is 0 Å². The summed E-state index contributed by atoms with van der Waals surface area (Å²) in [5.74, 6) is 0.962. The van der Waals surface area contributed by atoms with Crippen molar-refractivity contribution in [2.45, 2.75) is 63.6 Å². The molecule has 2 rings (SSSR count). The van der Waals surface area contributed by atoms with Gasteiger partial charge in [-0.1, -0.05) is 26.2 Å². The van der Waals surface area contributed by atoms with E-state index in [2.05, 4.69) is 17.6 Å². The summed E-state index contributed by atoms with van der Waals surface area (Å²) in [6, 6.07) is 0.330. The van der Waals surface area contributed by atoms with Gasteiger partial charge in [-0.15, -0.1) is 0 Å². The van der Waals surface area contributed by atoms with Crippen molar-refractivity contribution in [1.82, 2.24) is 10.6 Å². The van der Waals surface area contributed by atoms with Gasteiger partial charge in [-0.05, 0) is 25.2 Å². The zero-order valence-corrected chi connectivity index (χ0v) is 11.6. The van der Waals surface area contributed by atoms with Crippen LogP contribution in [-0.2, 0) is 9.53 Å². The van der Waals surface area contributed by atoms with Crippen LogP contribution in [0.3, 0.4) is 0 Å². The molecule has 104 valence electrons. The molecule has 0 radical (unpaired) electrons. The summed E-state index contributed by atoms with van der Waals surface area (Å²) >= 11 is 0. The number of hydrogen-bond acceptors (Lipinski definition) is 3. The maximum absolute atomic E-state index is 12.1. The molecule has 1 saturated carbocycles. The van der Waals surface area contributed by atoms with Crippen LogP contribution in [0, 0.1) is 5.92 Å². The highest BCUT2D eigenvalue weighted by molar-refractivity contribution is 5.82. The van der Waals surface area contributed by atoms with Gasteiger partial charge in [0.15, 0.2) is 0 Å². The van der Waals surface area contributed by atoms with Crippen molar-refractivity contribution in [3.63, 3.8) is 0 Å². The van der Waals surface area contributed by atoms with Crippen molar-refractivity contribution >= 4 is 5.91 Å². The van der Waals surface area contributed by atoms with Gasteiger partial charge < -0.3 is 15.4 Å². The smallest absolute Gasteiger partial charge is 0.237 e. The largest absolute Gasteiger partial charge is 0.380 e. The first-order valence-corrected chi connectivity index (χ1v) is 7.29. The Labute approximate surface area is 110 Å². The number of ether oxygens (including phenoxy) is 1. The summed E-state index contributed by atoms with van der Waals surface area (Å²) < 4.78 is 5.27. The highest BCUT2D eigenvalue weighted by atomic mass is 16.5. The molecule has 2 N–H and O–H groups in total. The molecule has 0 aromatic carbocycles. The molecule has 0 bridgehead atoms. The zero-order valence-electron chi connectivity index (χ0n) is 11.6. The van der Waals surface area contributed by atoms with E-state index in [4.69, 9.17) is 4.74 Å². The van der Waals surface area contributed by atoms with Crippen LogP contribution in [0.2, 0.25) is 0 Å². The second kappa shape index (κ2) is 6.53.